The molecule has 8 nitrogen and oxygen atoms in total. The van der Waals surface area contributed by atoms with E-state index in [9.17, 15) is 19.8 Å². The molecule has 0 aliphatic rings. The van der Waals surface area contributed by atoms with E-state index < -0.39 is 44.1 Å². The minimum atomic E-state index is -2.33. The van der Waals surface area contributed by atoms with Crippen molar-refractivity contribution >= 4 is 19.7 Å². The summed E-state index contributed by atoms with van der Waals surface area (Å²) in [5.74, 6) is 0. The van der Waals surface area contributed by atoms with Crippen molar-refractivity contribution in [2.45, 2.75) is 83.1 Å². The number of rotatable bonds is 12. The number of nitrogens with two attached hydrogens (primary N) is 1. The predicted molar refractivity (Wildman–Crippen MR) is 154 cm³/mol. The molecule has 0 radical (unpaired) electrons. The van der Waals surface area contributed by atoms with Crippen molar-refractivity contribution < 1.29 is 24.5 Å². The van der Waals surface area contributed by atoms with Gasteiger partial charge in [-0.25, -0.2) is 4.79 Å². The summed E-state index contributed by atoms with van der Waals surface area (Å²) in [6.07, 6.45) is -1.96. The molecule has 0 unspecified atom stereocenters. The first kappa shape index (κ1) is 31.5. The molecule has 210 valence electrons. The highest BCUT2D eigenvalue weighted by molar-refractivity contribution is 7.03. The van der Waals surface area contributed by atoms with Crippen molar-refractivity contribution in [2.24, 2.45) is 5.73 Å². The Kier molecular flexibility index (Phi) is 11.5. The molecule has 2 aromatic carbocycles. The fraction of sp³-hybridized carbons (Fsp3) is 0.517. The lowest BCUT2D eigenvalue weighted by Crippen LogP contribution is -2.57. The third-order valence-electron chi connectivity index (χ3n) is 6.02. The van der Waals surface area contributed by atoms with Crippen LogP contribution in [0.3, 0.4) is 0 Å². The molecule has 0 fully saturated rings. The van der Waals surface area contributed by atoms with Crippen molar-refractivity contribution in [1.82, 2.24) is 10.2 Å². The number of hydrogen-bond donors (Lipinski definition) is 4. The van der Waals surface area contributed by atoms with Crippen LogP contribution in [0.1, 0.15) is 31.9 Å². The quantitative estimate of drug-likeness (QED) is 0.302. The Morgan fingerprint density at radius 3 is 1.84 bits per heavy atom. The van der Waals surface area contributed by atoms with E-state index in [4.69, 9.17) is 10.5 Å². The van der Waals surface area contributed by atoms with Gasteiger partial charge in [-0.15, -0.1) is 0 Å². The van der Waals surface area contributed by atoms with Gasteiger partial charge in [0.1, 0.15) is 5.60 Å². The van der Waals surface area contributed by atoms with Crippen LogP contribution < -0.4 is 11.1 Å². The summed E-state index contributed by atoms with van der Waals surface area (Å²) in [6, 6.07) is 17.8. The highest BCUT2D eigenvalue weighted by Crippen LogP contribution is 2.16. The van der Waals surface area contributed by atoms with Crippen molar-refractivity contribution in [3.63, 3.8) is 0 Å². The fourth-order valence-corrected chi connectivity index (χ4v) is 5.19. The van der Waals surface area contributed by atoms with E-state index >= 15 is 0 Å². The van der Waals surface area contributed by atoms with Crippen molar-refractivity contribution in [1.29, 1.82) is 0 Å². The molecule has 0 heterocycles. The second kappa shape index (κ2) is 13.9. The van der Waals surface area contributed by atoms with Gasteiger partial charge in [0.25, 0.3) is 0 Å². The molecule has 0 saturated heterocycles. The van der Waals surface area contributed by atoms with Crippen LogP contribution in [0.15, 0.2) is 60.7 Å². The normalized spacial score (nSPS) is 15.2. The van der Waals surface area contributed by atoms with Gasteiger partial charge in [0, 0.05) is 19.1 Å². The van der Waals surface area contributed by atoms with Crippen LogP contribution in [0.5, 0.6) is 0 Å². The summed E-state index contributed by atoms with van der Waals surface area (Å²) in [5.41, 5.74) is 7.42. The third-order valence-corrected chi connectivity index (χ3v) is 7.62. The molecule has 0 bridgehead atoms. The number of benzene rings is 2. The highest BCUT2D eigenvalue weighted by atomic mass is 28.3. The SMILES string of the molecule is CC(C)(C)OC(=O)N[C@@H](Cc1ccccc1)[C@H](O)CN(C[C@@H](O)[C@@H](N)Cc1ccccc1)C(=O)[Si](C)(C)C. The molecule has 38 heavy (non-hydrogen) atoms. The first-order chi connectivity index (χ1) is 17.7. The Bertz CT molecular complexity index is 1010. The lowest BCUT2D eigenvalue weighted by Gasteiger charge is -2.35. The zero-order valence-corrected chi connectivity index (χ0v) is 24.6. The van der Waals surface area contributed by atoms with Gasteiger partial charge in [0.2, 0.25) is 0 Å². The smallest absolute Gasteiger partial charge is 0.407 e. The number of alkyl carbamates (subject to hydrolysis) is 1. The maximum absolute atomic E-state index is 13.4. The second-order valence-electron chi connectivity index (χ2n) is 11.9. The maximum Gasteiger partial charge on any atom is 0.407 e. The number of ether oxygens (including phenoxy) is 1. The number of nitrogens with zero attached hydrogens (tertiary/aromatic N) is 1. The van der Waals surface area contributed by atoms with Gasteiger partial charge in [-0.05, 0) is 44.7 Å². The Morgan fingerprint density at radius 1 is 0.895 bits per heavy atom. The minimum absolute atomic E-state index is 0.0152. The van der Waals surface area contributed by atoms with Crippen LogP contribution in [0.25, 0.3) is 0 Å². The average molecular weight is 544 g/mol. The summed E-state index contributed by atoms with van der Waals surface area (Å²) < 4.78 is 5.42. The maximum atomic E-state index is 13.4. The van der Waals surface area contributed by atoms with Crippen LogP contribution >= 0.6 is 0 Å². The Balaban J connectivity index is 2.22. The summed E-state index contributed by atoms with van der Waals surface area (Å²) in [5, 5.41) is 25.1. The van der Waals surface area contributed by atoms with Gasteiger partial charge < -0.3 is 30.9 Å². The Morgan fingerprint density at radius 2 is 1.37 bits per heavy atom. The topological polar surface area (TPSA) is 125 Å². The van der Waals surface area contributed by atoms with E-state index in [0.717, 1.165) is 11.1 Å². The zero-order chi connectivity index (χ0) is 28.5. The highest BCUT2D eigenvalue weighted by Gasteiger charge is 2.35. The standard InChI is InChI=1S/C29H45N3O5Si/c1-29(2,3)37-27(35)31-24(18-22-15-11-8-12-16-22)26(34)20-32(28(36)38(4,5)6)19-25(33)23(30)17-21-13-9-7-10-14-21/h7-16,23-26,33-34H,17-20,30H2,1-6H3,(H,31,35)/t23-,24-,25+,26+/m0/s1. The number of carbonyl (C=O) groups excluding carboxylic acids is 2. The summed E-state index contributed by atoms with van der Waals surface area (Å²) in [4.78, 5) is 27.5. The summed E-state index contributed by atoms with van der Waals surface area (Å²) in [7, 11) is -2.33. The molecule has 2 amide bonds. The van der Waals surface area contributed by atoms with E-state index in [0.29, 0.717) is 12.8 Å². The van der Waals surface area contributed by atoms with E-state index in [1.165, 1.54) is 4.90 Å². The van der Waals surface area contributed by atoms with E-state index in [1.807, 2.05) is 80.3 Å². The number of aliphatic hydroxyl groups is 2. The van der Waals surface area contributed by atoms with Crippen LogP contribution in [0.4, 0.5) is 9.59 Å². The van der Waals surface area contributed by atoms with Crippen molar-refractivity contribution in [3.05, 3.63) is 71.8 Å². The fourth-order valence-electron chi connectivity index (χ4n) is 4.06. The number of amides is 2. The molecule has 0 aliphatic heterocycles. The molecule has 4 atom stereocenters. The molecule has 0 saturated carbocycles. The van der Waals surface area contributed by atoms with Crippen LogP contribution in [0.2, 0.25) is 19.6 Å². The van der Waals surface area contributed by atoms with Gasteiger partial charge >= 0.3 is 6.09 Å². The van der Waals surface area contributed by atoms with Crippen LogP contribution in [0, 0.1) is 0 Å². The summed E-state index contributed by atoms with van der Waals surface area (Å²) in [6.45, 7) is 11.0. The van der Waals surface area contributed by atoms with Gasteiger partial charge in [-0.1, -0.05) is 80.3 Å². The molecule has 0 spiro atoms. The third kappa shape index (κ3) is 10.9. The lowest BCUT2D eigenvalue weighted by atomic mass is 10.00. The monoisotopic (exact) mass is 543 g/mol. The van der Waals surface area contributed by atoms with Crippen LogP contribution in [-0.2, 0) is 17.6 Å². The van der Waals surface area contributed by atoms with Crippen molar-refractivity contribution in [3.8, 4) is 0 Å². The molecule has 2 aromatic rings. The Hall–Kier alpha value is -2.72. The molecule has 2 rings (SSSR count). The molecule has 0 aliphatic carbocycles. The Labute approximate surface area is 228 Å². The lowest BCUT2D eigenvalue weighted by molar-refractivity contribution is 0.0352. The van der Waals surface area contributed by atoms with Gasteiger partial charge in [0.15, 0.2) is 13.6 Å². The molecular formula is C29H45N3O5Si. The number of carbonyl (C=O) groups is 2. The number of aliphatic hydroxyl groups excluding tert-OH is 2. The van der Waals surface area contributed by atoms with E-state index in [2.05, 4.69) is 5.32 Å². The molecule has 0 aromatic heterocycles. The van der Waals surface area contributed by atoms with E-state index in [1.54, 1.807) is 20.8 Å². The molecular weight excluding hydrogens is 498 g/mol. The average Bonchev–Trinajstić information content (AvgIpc) is 2.82. The zero-order valence-electron chi connectivity index (χ0n) is 23.6. The largest absolute Gasteiger partial charge is 0.444 e. The predicted octanol–water partition coefficient (Wildman–Crippen LogP) is 3.76. The van der Waals surface area contributed by atoms with Crippen molar-refractivity contribution in [2.75, 3.05) is 13.1 Å². The number of nitrogens with one attached hydrogen (secondary N) is 1. The number of hydrogen-bond acceptors (Lipinski definition) is 6. The van der Waals surface area contributed by atoms with Crippen LogP contribution in [-0.4, -0.2) is 77.8 Å². The first-order valence-corrected chi connectivity index (χ1v) is 16.6. The summed E-state index contributed by atoms with van der Waals surface area (Å²) >= 11 is 0. The van der Waals surface area contributed by atoms with Gasteiger partial charge in [-0.3, -0.25) is 4.79 Å². The minimum Gasteiger partial charge on any atom is -0.444 e. The molecule has 5 N–H and O–H groups in total. The molecule has 9 heteroatoms. The second-order valence-corrected chi connectivity index (χ2v) is 16.8. The van der Waals surface area contributed by atoms with Gasteiger partial charge in [0.05, 0.1) is 18.2 Å². The first-order valence-electron chi connectivity index (χ1n) is 13.1. The van der Waals surface area contributed by atoms with E-state index in [-0.39, 0.29) is 18.6 Å². The van der Waals surface area contributed by atoms with Gasteiger partial charge in [-0.2, -0.15) is 0 Å².